The number of nitrogens with zero attached hydrogens (tertiary/aromatic N) is 4. The molecule has 2 aromatic rings. The Labute approximate surface area is 361 Å². The van der Waals surface area contributed by atoms with E-state index in [1.165, 1.54) is 17.0 Å². The molecule has 2 aliphatic heterocycles. The number of benzene rings is 1. The molecule has 6 amide bonds. The van der Waals surface area contributed by atoms with Gasteiger partial charge in [0, 0.05) is 19.6 Å². The lowest BCUT2D eigenvalue weighted by Crippen LogP contribution is -2.63. The highest BCUT2D eigenvalue weighted by atomic mass is 16.5. The van der Waals surface area contributed by atoms with Crippen LogP contribution < -0.4 is 43.4 Å². The van der Waals surface area contributed by atoms with E-state index >= 15 is 0 Å². The molecule has 4 unspecified atom stereocenters. The molecule has 0 aliphatic carbocycles. The molecular formula is C39H56N12O12. The summed E-state index contributed by atoms with van der Waals surface area (Å²) in [5.41, 5.74) is 11.8. The lowest BCUT2D eigenvalue weighted by molar-refractivity contribution is -0.219. The molecule has 24 heteroatoms. The van der Waals surface area contributed by atoms with Gasteiger partial charge in [0.25, 0.3) is 5.91 Å². The van der Waals surface area contributed by atoms with Crippen molar-refractivity contribution in [3.05, 3.63) is 60.4 Å². The second-order valence-corrected chi connectivity index (χ2v) is 15.1. The van der Waals surface area contributed by atoms with Crippen molar-refractivity contribution in [3.8, 4) is 0 Å². The van der Waals surface area contributed by atoms with Crippen molar-refractivity contribution in [2.75, 3.05) is 26.2 Å². The lowest BCUT2D eigenvalue weighted by Gasteiger charge is -2.40. The Morgan fingerprint density at radius 1 is 0.952 bits per heavy atom. The van der Waals surface area contributed by atoms with Gasteiger partial charge in [0.05, 0.1) is 31.1 Å². The van der Waals surface area contributed by atoms with E-state index in [0.717, 1.165) is 5.56 Å². The zero-order valence-corrected chi connectivity index (χ0v) is 34.6. The number of nitrogens with two attached hydrogens (primary N) is 2. The van der Waals surface area contributed by atoms with E-state index < -0.39 is 115 Å². The first-order valence-electron chi connectivity index (χ1n) is 20.3. The Bertz CT molecular complexity index is 1960. The first kappa shape index (κ1) is 49.2. The molecule has 0 spiro atoms. The maximum Gasteiger partial charge on any atom is 0.305 e. The summed E-state index contributed by atoms with van der Waals surface area (Å²) in [7, 11) is 0. The number of nitrogens with one attached hydrogen (secondary N) is 6. The highest BCUT2D eigenvalue weighted by molar-refractivity contribution is 5.94. The number of carboxylic acids is 1. The number of aliphatic hydroxyl groups is 3. The molecule has 63 heavy (non-hydrogen) atoms. The first-order chi connectivity index (χ1) is 30.0. The third kappa shape index (κ3) is 14.5. The molecule has 14 N–H and O–H groups in total. The van der Waals surface area contributed by atoms with Crippen LogP contribution in [0.25, 0.3) is 0 Å². The van der Waals surface area contributed by atoms with Crippen molar-refractivity contribution in [2.45, 2.75) is 100 Å². The largest absolute Gasteiger partial charge is 0.481 e. The summed E-state index contributed by atoms with van der Waals surface area (Å²) in [5.74, 6) is -6.73. The summed E-state index contributed by atoms with van der Waals surface area (Å²) >= 11 is 0. The van der Waals surface area contributed by atoms with Crippen LogP contribution in [0, 0.1) is 5.92 Å². The van der Waals surface area contributed by atoms with E-state index in [2.05, 4.69) is 53.8 Å². The standard InChI is InChI=1S/C39H56N12O12/c1-3-20(2)34(58)44-17-27-30(55)31(56)32(57)33(63-27)38(62)42-13-8-12-26-37(61)47-22(11-7-14-43-39(40)41)35(59)45-18-28(52)46-24(16-29(53)54)36(60)48-23(25-19-51(26)50-49-25)15-21-9-5-4-6-10-21/h3-6,9-10,19-20,22-24,26-27,30-33,55-57H,1,7-8,11-18H2,2H3,(H,42,62)(H,44,58)(H,45,59)(H,46,52)(H,47,61)(H,48,60)(H,53,54)(H4,40,41,43)/t20-,22+,23?,24+,26+,27-,30?,31?,32+,33?/m1/s1. The van der Waals surface area contributed by atoms with Crippen LogP contribution in [0.3, 0.4) is 0 Å². The Balaban J connectivity index is 1.60. The molecule has 1 aromatic carbocycles. The van der Waals surface area contributed by atoms with Crippen molar-refractivity contribution in [3.63, 3.8) is 0 Å². The van der Waals surface area contributed by atoms with E-state index in [9.17, 15) is 54.0 Å². The first-order valence-corrected chi connectivity index (χ1v) is 20.3. The zero-order valence-electron chi connectivity index (χ0n) is 34.6. The molecule has 1 fully saturated rings. The van der Waals surface area contributed by atoms with Gasteiger partial charge < -0.3 is 68.5 Å². The summed E-state index contributed by atoms with van der Waals surface area (Å²) in [4.78, 5) is 95.4. The second-order valence-electron chi connectivity index (χ2n) is 15.1. The SMILES string of the molecule is C=C[C@@H](C)C(=O)NC[C@H]1OC(C(=O)NCCC[C@H]2C(=O)N[C@@H](CCCN=C(N)N)C(=O)NCC(=O)N[C@@H](CC(=O)O)C(=O)NC(Cc3ccccc3)c3cn2nn3)[C@@H](O)C(O)C1O. The number of hydrogen-bond acceptors (Lipinski definition) is 14. The third-order valence-electron chi connectivity index (χ3n) is 10.3. The fraction of sp³-hybridized carbons (Fsp3) is 0.538. The van der Waals surface area contributed by atoms with Crippen LogP contribution in [-0.4, -0.2) is 152 Å². The third-order valence-corrected chi connectivity index (χ3v) is 10.3. The molecule has 0 radical (unpaired) electrons. The van der Waals surface area contributed by atoms with Crippen molar-refractivity contribution in [2.24, 2.45) is 22.4 Å². The molecule has 1 saturated heterocycles. The fourth-order valence-corrected chi connectivity index (χ4v) is 6.71. The van der Waals surface area contributed by atoms with Crippen LogP contribution in [0.4, 0.5) is 0 Å². The van der Waals surface area contributed by atoms with Gasteiger partial charge in [-0.15, -0.1) is 11.7 Å². The summed E-state index contributed by atoms with van der Waals surface area (Å²) in [6.07, 6.45) is -5.84. The van der Waals surface area contributed by atoms with Gasteiger partial charge in [-0.05, 0) is 37.7 Å². The van der Waals surface area contributed by atoms with Gasteiger partial charge in [-0.3, -0.25) is 38.6 Å². The van der Waals surface area contributed by atoms with Crippen molar-refractivity contribution >= 4 is 47.4 Å². The smallest absolute Gasteiger partial charge is 0.305 e. The maximum atomic E-state index is 14.2. The quantitative estimate of drug-likeness (QED) is 0.0308. The average molecular weight is 885 g/mol. The predicted molar refractivity (Wildman–Crippen MR) is 220 cm³/mol. The average Bonchev–Trinajstić information content (AvgIpc) is 3.74. The number of amides is 6. The van der Waals surface area contributed by atoms with E-state index in [1.54, 1.807) is 37.3 Å². The van der Waals surface area contributed by atoms with Gasteiger partial charge in [0.2, 0.25) is 29.5 Å². The molecule has 2 aliphatic rings. The van der Waals surface area contributed by atoms with E-state index in [4.69, 9.17) is 16.2 Å². The maximum absolute atomic E-state index is 14.2. The van der Waals surface area contributed by atoms with Crippen LogP contribution in [0.5, 0.6) is 0 Å². The van der Waals surface area contributed by atoms with Crippen LogP contribution in [0.2, 0.25) is 0 Å². The van der Waals surface area contributed by atoms with Gasteiger partial charge >= 0.3 is 5.97 Å². The van der Waals surface area contributed by atoms with E-state index in [0.29, 0.717) is 0 Å². The molecule has 1 aromatic heterocycles. The van der Waals surface area contributed by atoms with Crippen LogP contribution in [-0.2, 0) is 44.7 Å². The molecule has 4 rings (SSSR count). The van der Waals surface area contributed by atoms with Crippen LogP contribution in [0.1, 0.15) is 62.4 Å². The minimum absolute atomic E-state index is 0.00717. The number of aromatic nitrogens is 3. The van der Waals surface area contributed by atoms with E-state index in [-0.39, 0.29) is 63.4 Å². The van der Waals surface area contributed by atoms with Gasteiger partial charge in [-0.25, -0.2) is 4.68 Å². The minimum Gasteiger partial charge on any atom is -0.481 e. The molecule has 10 atom stereocenters. The Morgan fingerprint density at radius 2 is 1.67 bits per heavy atom. The summed E-state index contributed by atoms with van der Waals surface area (Å²) in [6, 6.07) is 3.94. The number of aliphatic imine (C=N–C) groups is 1. The number of carbonyl (C=O) groups is 7. The fourth-order valence-electron chi connectivity index (χ4n) is 6.71. The van der Waals surface area contributed by atoms with Crippen molar-refractivity contribution < 1.29 is 58.7 Å². The number of aliphatic hydroxyl groups excluding tert-OH is 3. The number of carboxylic acid groups (broad SMARTS) is 1. The zero-order chi connectivity index (χ0) is 46.2. The van der Waals surface area contributed by atoms with Crippen LogP contribution >= 0.6 is 0 Å². The van der Waals surface area contributed by atoms with Crippen molar-refractivity contribution in [1.29, 1.82) is 0 Å². The van der Waals surface area contributed by atoms with E-state index in [1.807, 2.05) is 0 Å². The highest BCUT2D eigenvalue weighted by Crippen LogP contribution is 2.23. The highest BCUT2D eigenvalue weighted by Gasteiger charge is 2.46. The van der Waals surface area contributed by atoms with Gasteiger partial charge in [-0.2, -0.15) is 0 Å². The number of fused-ring (bicyclic) bond motifs is 2. The molecule has 3 heterocycles. The number of carbonyl (C=O) groups excluding carboxylic acids is 6. The second kappa shape index (κ2) is 23.6. The number of aliphatic carboxylic acids is 1. The molecular weight excluding hydrogens is 829 g/mol. The van der Waals surface area contributed by atoms with Gasteiger partial charge in [0.1, 0.15) is 48.2 Å². The summed E-state index contributed by atoms with van der Waals surface area (Å²) in [5, 5.41) is 65.0. The summed E-state index contributed by atoms with van der Waals surface area (Å²) < 4.78 is 6.84. The normalized spacial score (nSPS) is 26.1. The topological polar surface area (TPSA) is 377 Å². The van der Waals surface area contributed by atoms with Gasteiger partial charge in [-0.1, -0.05) is 48.5 Å². The number of rotatable bonds is 17. The Kier molecular flexibility index (Phi) is 18.4. The Morgan fingerprint density at radius 3 is 2.35 bits per heavy atom. The molecule has 0 saturated carbocycles. The minimum atomic E-state index is -1.84. The molecule has 344 valence electrons. The predicted octanol–water partition coefficient (Wildman–Crippen LogP) is -4.47. The Hall–Kier alpha value is -6.50. The molecule has 2 bridgehead atoms. The number of ether oxygens (including phenoxy) is 1. The van der Waals surface area contributed by atoms with Crippen LogP contribution in [0.15, 0.2) is 54.2 Å². The van der Waals surface area contributed by atoms with Crippen molar-refractivity contribution in [1.82, 2.24) is 46.9 Å². The summed E-state index contributed by atoms with van der Waals surface area (Å²) in [6.45, 7) is 4.13. The molecule has 24 nitrogen and oxygen atoms in total. The van der Waals surface area contributed by atoms with Gasteiger partial charge in [0.15, 0.2) is 12.1 Å². The lowest BCUT2D eigenvalue weighted by atomic mass is 9.94. The monoisotopic (exact) mass is 884 g/mol. The number of guanidine groups is 1. The number of hydrogen-bond donors (Lipinski definition) is 12.